The van der Waals surface area contributed by atoms with Crippen molar-refractivity contribution in [3.05, 3.63) is 52.3 Å². The Kier molecular flexibility index (Phi) is 4.96. The monoisotopic (exact) mass is 359 g/mol. The molecule has 7 nitrogen and oxygen atoms in total. The minimum atomic E-state index is -0.649. The maximum Gasteiger partial charge on any atom is 0.248 e. The van der Waals surface area contributed by atoms with Crippen LogP contribution in [-0.4, -0.2) is 32.7 Å². The van der Waals surface area contributed by atoms with Gasteiger partial charge in [0.25, 0.3) is 0 Å². The Balaban J connectivity index is 1.63. The van der Waals surface area contributed by atoms with Gasteiger partial charge in [0.15, 0.2) is 0 Å². The van der Waals surface area contributed by atoms with Crippen molar-refractivity contribution < 1.29 is 9.59 Å². The maximum absolute atomic E-state index is 12.5. The van der Waals surface area contributed by atoms with Gasteiger partial charge in [0, 0.05) is 16.4 Å². The first-order chi connectivity index (χ1) is 11.9. The summed E-state index contributed by atoms with van der Waals surface area (Å²) in [4.78, 5) is 34.3. The Bertz CT molecular complexity index is 789. The Morgan fingerprint density at radius 3 is 2.44 bits per heavy atom. The van der Waals surface area contributed by atoms with E-state index in [4.69, 9.17) is 11.6 Å². The minimum Gasteiger partial charge on any atom is -0.289 e. The Labute approximate surface area is 150 Å². The van der Waals surface area contributed by atoms with E-state index in [1.807, 2.05) is 19.9 Å². The normalized spacial score (nSPS) is 17.2. The highest BCUT2D eigenvalue weighted by Gasteiger charge is 2.38. The van der Waals surface area contributed by atoms with E-state index >= 15 is 0 Å². The first-order valence-electron chi connectivity index (χ1n) is 7.85. The quantitative estimate of drug-likeness (QED) is 0.627. The Morgan fingerprint density at radius 2 is 1.80 bits per heavy atom. The van der Waals surface area contributed by atoms with E-state index in [2.05, 4.69) is 20.8 Å². The molecule has 2 amide bonds. The molecule has 0 aliphatic carbocycles. The molecule has 2 N–H and O–H groups in total. The molecule has 1 aromatic carbocycles. The summed E-state index contributed by atoms with van der Waals surface area (Å²) in [5, 5.41) is 0.611. The highest BCUT2D eigenvalue weighted by molar-refractivity contribution is 6.30. The lowest BCUT2D eigenvalue weighted by atomic mass is 10.2. The van der Waals surface area contributed by atoms with Crippen molar-refractivity contribution in [3.8, 4) is 0 Å². The molecule has 8 heteroatoms. The second kappa shape index (κ2) is 7.16. The summed E-state index contributed by atoms with van der Waals surface area (Å²) >= 11 is 5.85. The van der Waals surface area contributed by atoms with Gasteiger partial charge in [0.05, 0.1) is 13.0 Å². The highest BCUT2D eigenvalue weighted by Crippen LogP contribution is 2.18. The number of anilines is 1. The number of imide groups is 1. The van der Waals surface area contributed by atoms with Gasteiger partial charge >= 0.3 is 0 Å². The van der Waals surface area contributed by atoms with Gasteiger partial charge in [-0.05, 0) is 37.6 Å². The van der Waals surface area contributed by atoms with Gasteiger partial charge < -0.3 is 0 Å². The number of carbonyl (C=O) groups is 2. The highest BCUT2D eigenvalue weighted by atomic mass is 35.5. The van der Waals surface area contributed by atoms with Crippen LogP contribution in [-0.2, 0) is 16.1 Å². The molecule has 0 saturated carbocycles. The van der Waals surface area contributed by atoms with E-state index in [0.717, 1.165) is 17.0 Å². The SMILES string of the molecule is Cc1cc(C)nc(NN[C@H]2CC(=O)N(Cc3ccc(Cl)cc3)C2=O)n1. The van der Waals surface area contributed by atoms with Crippen molar-refractivity contribution in [3.63, 3.8) is 0 Å². The molecule has 25 heavy (non-hydrogen) atoms. The van der Waals surface area contributed by atoms with Gasteiger partial charge in [-0.1, -0.05) is 23.7 Å². The zero-order valence-corrected chi connectivity index (χ0v) is 14.7. The molecule has 2 heterocycles. The summed E-state index contributed by atoms with van der Waals surface area (Å²) in [7, 11) is 0. The summed E-state index contributed by atoms with van der Waals surface area (Å²) < 4.78 is 0. The molecular formula is C17H18ClN5O2. The fourth-order valence-corrected chi connectivity index (χ4v) is 2.79. The van der Waals surface area contributed by atoms with E-state index in [9.17, 15) is 9.59 Å². The van der Waals surface area contributed by atoms with Gasteiger partial charge in [-0.25, -0.2) is 15.4 Å². The van der Waals surface area contributed by atoms with E-state index in [1.54, 1.807) is 24.3 Å². The number of aromatic nitrogens is 2. The number of likely N-dealkylation sites (tertiary alicyclic amines) is 1. The number of hydrogen-bond acceptors (Lipinski definition) is 6. The van der Waals surface area contributed by atoms with Crippen LogP contribution in [0, 0.1) is 13.8 Å². The third-order valence-electron chi connectivity index (χ3n) is 3.84. The molecular weight excluding hydrogens is 342 g/mol. The molecule has 130 valence electrons. The maximum atomic E-state index is 12.5. The van der Waals surface area contributed by atoms with Crippen LogP contribution in [0.25, 0.3) is 0 Å². The lowest BCUT2D eigenvalue weighted by Crippen LogP contribution is -2.41. The predicted molar refractivity (Wildman–Crippen MR) is 93.7 cm³/mol. The van der Waals surface area contributed by atoms with Gasteiger partial charge in [-0.15, -0.1) is 0 Å². The molecule has 1 aliphatic rings. The number of nitrogens with one attached hydrogen (secondary N) is 2. The molecule has 1 saturated heterocycles. The van der Waals surface area contributed by atoms with Crippen molar-refractivity contribution in [2.45, 2.75) is 32.9 Å². The number of hydrogen-bond donors (Lipinski definition) is 2. The number of hydrazine groups is 1. The summed E-state index contributed by atoms with van der Waals surface area (Å²) in [6.45, 7) is 3.95. The van der Waals surface area contributed by atoms with Crippen molar-refractivity contribution in [2.75, 3.05) is 5.43 Å². The number of halogens is 1. The van der Waals surface area contributed by atoms with Gasteiger partial charge in [-0.2, -0.15) is 0 Å². The van der Waals surface area contributed by atoms with Crippen LogP contribution in [0.3, 0.4) is 0 Å². The van der Waals surface area contributed by atoms with Crippen molar-refractivity contribution >= 4 is 29.4 Å². The number of carbonyl (C=O) groups excluding carboxylic acids is 2. The molecule has 2 aromatic rings. The molecule has 0 spiro atoms. The second-order valence-corrected chi connectivity index (χ2v) is 6.38. The lowest BCUT2D eigenvalue weighted by Gasteiger charge is -2.16. The van der Waals surface area contributed by atoms with Crippen LogP contribution in [0.5, 0.6) is 0 Å². The number of aryl methyl sites for hydroxylation is 2. The van der Waals surface area contributed by atoms with Crippen molar-refractivity contribution in [1.82, 2.24) is 20.3 Å². The second-order valence-electron chi connectivity index (χ2n) is 5.94. The minimum absolute atomic E-state index is 0.0875. The van der Waals surface area contributed by atoms with E-state index < -0.39 is 6.04 Å². The molecule has 0 bridgehead atoms. The number of rotatable bonds is 5. The van der Waals surface area contributed by atoms with E-state index in [0.29, 0.717) is 11.0 Å². The average Bonchev–Trinajstić information content (AvgIpc) is 2.81. The fourth-order valence-electron chi connectivity index (χ4n) is 2.67. The molecule has 1 atom stereocenters. The molecule has 1 aliphatic heterocycles. The first-order valence-corrected chi connectivity index (χ1v) is 8.22. The number of amides is 2. The number of nitrogens with zero attached hydrogens (tertiary/aromatic N) is 3. The third kappa shape index (κ3) is 4.12. The van der Waals surface area contributed by atoms with Crippen LogP contribution < -0.4 is 10.9 Å². The summed E-state index contributed by atoms with van der Waals surface area (Å²) in [5.41, 5.74) is 8.15. The zero-order chi connectivity index (χ0) is 18.0. The predicted octanol–water partition coefficient (Wildman–Crippen LogP) is 1.99. The zero-order valence-electron chi connectivity index (χ0n) is 13.9. The van der Waals surface area contributed by atoms with Crippen LogP contribution in [0.1, 0.15) is 23.4 Å². The first kappa shape index (κ1) is 17.3. The molecule has 0 radical (unpaired) electrons. The van der Waals surface area contributed by atoms with E-state index in [-0.39, 0.29) is 24.8 Å². The lowest BCUT2D eigenvalue weighted by molar-refractivity contribution is -0.139. The Morgan fingerprint density at radius 1 is 1.16 bits per heavy atom. The molecule has 1 aromatic heterocycles. The average molecular weight is 360 g/mol. The van der Waals surface area contributed by atoms with E-state index in [1.165, 1.54) is 4.90 Å². The van der Waals surface area contributed by atoms with Gasteiger partial charge in [0.2, 0.25) is 17.8 Å². The summed E-state index contributed by atoms with van der Waals surface area (Å²) in [5.74, 6) is -0.133. The molecule has 0 unspecified atom stereocenters. The van der Waals surface area contributed by atoms with Crippen LogP contribution in [0.15, 0.2) is 30.3 Å². The van der Waals surface area contributed by atoms with Crippen molar-refractivity contribution in [1.29, 1.82) is 0 Å². The summed E-state index contributed by atoms with van der Waals surface area (Å²) in [6, 6.07) is 8.26. The summed E-state index contributed by atoms with van der Waals surface area (Å²) in [6.07, 6.45) is 0.0875. The molecule has 3 rings (SSSR count). The molecule has 1 fully saturated rings. The Hall–Kier alpha value is -2.51. The van der Waals surface area contributed by atoms with Crippen LogP contribution in [0.4, 0.5) is 5.95 Å². The van der Waals surface area contributed by atoms with Crippen LogP contribution in [0.2, 0.25) is 5.02 Å². The standard InChI is InChI=1S/C17H18ClN5O2/c1-10-7-11(2)20-17(19-10)22-21-14-8-15(24)23(16(14)25)9-12-3-5-13(18)6-4-12/h3-7,14,21H,8-9H2,1-2H3,(H,19,20,22)/t14-/m0/s1. The smallest absolute Gasteiger partial charge is 0.248 e. The third-order valence-corrected chi connectivity index (χ3v) is 4.09. The fraction of sp³-hybridized carbons (Fsp3) is 0.294. The largest absolute Gasteiger partial charge is 0.289 e. The van der Waals surface area contributed by atoms with Gasteiger partial charge in [0.1, 0.15) is 6.04 Å². The van der Waals surface area contributed by atoms with Crippen LogP contribution >= 0.6 is 11.6 Å². The van der Waals surface area contributed by atoms with Gasteiger partial charge in [-0.3, -0.25) is 19.9 Å². The topological polar surface area (TPSA) is 87.2 Å². The number of benzene rings is 1. The van der Waals surface area contributed by atoms with Crippen molar-refractivity contribution in [2.24, 2.45) is 0 Å².